The lowest BCUT2D eigenvalue weighted by Gasteiger charge is -2.05. The van der Waals surface area contributed by atoms with Crippen molar-refractivity contribution < 1.29 is 14.1 Å². The van der Waals surface area contributed by atoms with Crippen LogP contribution in [0.3, 0.4) is 0 Å². The largest absolute Gasteiger partial charge is 0.465 e. The van der Waals surface area contributed by atoms with Gasteiger partial charge in [0.1, 0.15) is 0 Å². The van der Waals surface area contributed by atoms with Gasteiger partial charge in [0.2, 0.25) is 5.89 Å². The first-order valence-corrected chi connectivity index (χ1v) is 6.86. The molecule has 0 N–H and O–H groups in total. The Balaban J connectivity index is 1.81. The summed E-state index contributed by atoms with van der Waals surface area (Å²) in [6.07, 6.45) is 2.31. The lowest BCUT2D eigenvalue weighted by Crippen LogP contribution is -2.07. The fraction of sp³-hybridized carbons (Fsp3) is 0.727. The SMILES string of the molecule is CCOC(=O)CSC(C)c1nc(C2CC2)no1. The highest BCUT2D eigenvalue weighted by molar-refractivity contribution is 8.00. The summed E-state index contributed by atoms with van der Waals surface area (Å²) in [6.45, 7) is 4.17. The Kier molecular flexibility index (Phi) is 4.04. The molecule has 94 valence electrons. The maximum Gasteiger partial charge on any atom is 0.315 e. The van der Waals surface area contributed by atoms with Crippen molar-refractivity contribution in [2.75, 3.05) is 12.4 Å². The molecule has 0 amide bonds. The van der Waals surface area contributed by atoms with Gasteiger partial charge in [-0.15, -0.1) is 11.8 Å². The smallest absolute Gasteiger partial charge is 0.315 e. The van der Waals surface area contributed by atoms with Crippen molar-refractivity contribution in [3.8, 4) is 0 Å². The second kappa shape index (κ2) is 5.53. The Morgan fingerprint density at radius 1 is 1.65 bits per heavy atom. The number of nitrogens with zero attached hydrogens (tertiary/aromatic N) is 2. The number of ether oxygens (including phenoxy) is 1. The molecule has 0 spiro atoms. The number of hydrogen-bond acceptors (Lipinski definition) is 6. The minimum atomic E-state index is -0.203. The van der Waals surface area contributed by atoms with Crippen LogP contribution in [0.4, 0.5) is 0 Å². The highest BCUT2D eigenvalue weighted by Crippen LogP contribution is 2.39. The Morgan fingerprint density at radius 2 is 2.41 bits per heavy atom. The first-order chi connectivity index (χ1) is 8.20. The quantitative estimate of drug-likeness (QED) is 0.728. The predicted molar refractivity (Wildman–Crippen MR) is 63.8 cm³/mol. The molecule has 1 atom stereocenters. The number of carbonyl (C=O) groups excluding carboxylic acids is 1. The Bertz CT molecular complexity index is 390. The molecule has 1 heterocycles. The van der Waals surface area contributed by atoms with Crippen LogP contribution in [0, 0.1) is 0 Å². The monoisotopic (exact) mass is 256 g/mol. The van der Waals surface area contributed by atoms with E-state index in [4.69, 9.17) is 9.26 Å². The highest BCUT2D eigenvalue weighted by Gasteiger charge is 2.29. The van der Waals surface area contributed by atoms with Crippen molar-refractivity contribution in [2.24, 2.45) is 0 Å². The normalized spacial score (nSPS) is 16.8. The van der Waals surface area contributed by atoms with Crippen LogP contribution in [0.15, 0.2) is 4.52 Å². The second-order valence-corrected chi connectivity index (χ2v) is 5.35. The lowest BCUT2D eigenvalue weighted by atomic mass is 10.4. The number of esters is 1. The van der Waals surface area contributed by atoms with E-state index in [1.165, 1.54) is 11.8 Å². The van der Waals surface area contributed by atoms with Gasteiger partial charge in [-0.25, -0.2) is 0 Å². The average molecular weight is 256 g/mol. The van der Waals surface area contributed by atoms with Crippen LogP contribution in [-0.4, -0.2) is 28.5 Å². The zero-order valence-corrected chi connectivity index (χ0v) is 10.8. The summed E-state index contributed by atoms with van der Waals surface area (Å²) in [6, 6.07) is 0. The second-order valence-electron chi connectivity index (χ2n) is 4.02. The molecule has 0 saturated heterocycles. The van der Waals surface area contributed by atoms with Gasteiger partial charge in [-0.1, -0.05) is 5.16 Å². The molecule has 1 aliphatic rings. The van der Waals surface area contributed by atoms with E-state index in [0.717, 1.165) is 18.7 Å². The zero-order valence-electron chi connectivity index (χ0n) is 10.0. The Morgan fingerprint density at radius 3 is 3.06 bits per heavy atom. The molecule has 6 heteroatoms. The molecule has 0 aliphatic heterocycles. The number of thioether (sulfide) groups is 1. The number of rotatable bonds is 6. The molecule has 0 bridgehead atoms. The van der Waals surface area contributed by atoms with E-state index < -0.39 is 0 Å². The van der Waals surface area contributed by atoms with E-state index in [2.05, 4.69) is 10.1 Å². The van der Waals surface area contributed by atoms with Crippen molar-refractivity contribution >= 4 is 17.7 Å². The molecule has 17 heavy (non-hydrogen) atoms. The minimum absolute atomic E-state index is 0.0272. The summed E-state index contributed by atoms with van der Waals surface area (Å²) >= 11 is 1.45. The van der Waals surface area contributed by atoms with Crippen molar-refractivity contribution in [1.82, 2.24) is 10.1 Å². The molecule has 1 unspecified atom stereocenters. The minimum Gasteiger partial charge on any atom is -0.465 e. The van der Waals surface area contributed by atoms with E-state index in [1.807, 2.05) is 6.92 Å². The van der Waals surface area contributed by atoms with Crippen LogP contribution >= 0.6 is 11.8 Å². The topological polar surface area (TPSA) is 65.2 Å². The average Bonchev–Trinajstić information content (AvgIpc) is 3.05. The molecule has 1 aromatic heterocycles. The van der Waals surface area contributed by atoms with E-state index in [-0.39, 0.29) is 11.2 Å². The standard InChI is InChI=1S/C11H16N2O3S/c1-3-15-9(14)6-17-7(2)11-12-10(13-16-11)8-4-5-8/h7-8H,3-6H2,1-2H3. The fourth-order valence-corrected chi connectivity index (χ4v) is 2.09. The first kappa shape index (κ1) is 12.4. The fourth-order valence-electron chi connectivity index (χ4n) is 1.39. The maximum atomic E-state index is 11.2. The lowest BCUT2D eigenvalue weighted by molar-refractivity contribution is -0.139. The molecule has 0 radical (unpaired) electrons. The summed E-state index contributed by atoms with van der Waals surface area (Å²) in [5.41, 5.74) is 0. The Labute approximate surface area is 104 Å². The van der Waals surface area contributed by atoms with Crippen LogP contribution in [0.25, 0.3) is 0 Å². The van der Waals surface area contributed by atoms with Crippen LogP contribution in [-0.2, 0) is 9.53 Å². The molecule has 1 fully saturated rings. The summed E-state index contributed by atoms with van der Waals surface area (Å²) in [7, 11) is 0. The van der Waals surface area contributed by atoms with E-state index in [0.29, 0.717) is 24.2 Å². The molecule has 1 saturated carbocycles. The Hall–Kier alpha value is -1.04. The molecule has 1 aromatic rings. The highest BCUT2D eigenvalue weighted by atomic mass is 32.2. The molecule has 1 aliphatic carbocycles. The van der Waals surface area contributed by atoms with Crippen LogP contribution in [0.5, 0.6) is 0 Å². The number of aromatic nitrogens is 2. The van der Waals surface area contributed by atoms with E-state index in [1.54, 1.807) is 6.92 Å². The third-order valence-corrected chi connectivity index (χ3v) is 3.61. The van der Waals surface area contributed by atoms with Crippen molar-refractivity contribution in [1.29, 1.82) is 0 Å². The van der Waals surface area contributed by atoms with Gasteiger partial charge >= 0.3 is 5.97 Å². The van der Waals surface area contributed by atoms with E-state index in [9.17, 15) is 4.79 Å². The third kappa shape index (κ3) is 3.46. The molecule has 2 rings (SSSR count). The van der Waals surface area contributed by atoms with Gasteiger partial charge in [0.25, 0.3) is 0 Å². The molecule has 5 nitrogen and oxygen atoms in total. The maximum absolute atomic E-state index is 11.2. The number of hydrogen-bond donors (Lipinski definition) is 0. The number of carbonyl (C=O) groups is 1. The van der Waals surface area contributed by atoms with Gasteiger partial charge < -0.3 is 9.26 Å². The summed E-state index contributed by atoms with van der Waals surface area (Å²) in [5.74, 6) is 2.02. The zero-order chi connectivity index (χ0) is 12.3. The van der Waals surface area contributed by atoms with Gasteiger partial charge in [-0.2, -0.15) is 4.98 Å². The molecule has 0 aromatic carbocycles. The van der Waals surface area contributed by atoms with Crippen LogP contribution in [0.2, 0.25) is 0 Å². The van der Waals surface area contributed by atoms with Crippen molar-refractivity contribution in [2.45, 2.75) is 37.9 Å². The molecular formula is C11H16N2O3S. The first-order valence-electron chi connectivity index (χ1n) is 5.81. The van der Waals surface area contributed by atoms with Gasteiger partial charge in [-0.05, 0) is 26.7 Å². The third-order valence-electron chi connectivity index (χ3n) is 2.50. The van der Waals surface area contributed by atoms with Crippen molar-refractivity contribution in [3.05, 3.63) is 11.7 Å². The summed E-state index contributed by atoms with van der Waals surface area (Å²) in [5, 5.41) is 3.97. The van der Waals surface area contributed by atoms with Crippen LogP contribution in [0.1, 0.15) is 49.6 Å². The van der Waals surface area contributed by atoms with Gasteiger partial charge in [-0.3, -0.25) is 4.79 Å². The van der Waals surface area contributed by atoms with Crippen LogP contribution < -0.4 is 0 Å². The van der Waals surface area contributed by atoms with E-state index >= 15 is 0 Å². The summed E-state index contributed by atoms with van der Waals surface area (Å²) in [4.78, 5) is 15.5. The van der Waals surface area contributed by atoms with Gasteiger partial charge in [0.05, 0.1) is 17.6 Å². The predicted octanol–water partition coefficient (Wildman–Crippen LogP) is 2.30. The van der Waals surface area contributed by atoms with Gasteiger partial charge in [0, 0.05) is 5.92 Å². The summed E-state index contributed by atoms with van der Waals surface area (Å²) < 4.78 is 10.0. The van der Waals surface area contributed by atoms with Gasteiger partial charge in [0.15, 0.2) is 5.82 Å². The molecular weight excluding hydrogens is 240 g/mol. The van der Waals surface area contributed by atoms with Crippen molar-refractivity contribution in [3.63, 3.8) is 0 Å².